The van der Waals surface area contributed by atoms with Gasteiger partial charge in [-0.3, -0.25) is 9.48 Å². The topological polar surface area (TPSA) is 73.8 Å². The first-order valence-corrected chi connectivity index (χ1v) is 6.01. The van der Waals surface area contributed by atoms with Crippen LogP contribution in [0, 0.1) is 5.82 Å². The molecule has 0 aliphatic rings. The highest BCUT2D eigenvalue weighted by Gasteiger charge is 2.17. The molecule has 0 saturated heterocycles. The van der Waals surface area contributed by atoms with Crippen molar-refractivity contribution in [2.24, 2.45) is 5.73 Å². The van der Waals surface area contributed by atoms with E-state index >= 15 is 0 Å². The molecule has 0 spiro atoms. The molecule has 18 heavy (non-hydrogen) atoms. The SMILES string of the molecule is NCCn1cc(C(=O)c2cc(Br)ccc2F)nn1. The zero-order chi connectivity index (χ0) is 13.1. The second-order valence-electron chi connectivity index (χ2n) is 3.61. The van der Waals surface area contributed by atoms with Crippen LogP contribution in [0.25, 0.3) is 0 Å². The van der Waals surface area contributed by atoms with Gasteiger partial charge >= 0.3 is 0 Å². The van der Waals surface area contributed by atoms with Crippen molar-refractivity contribution in [3.05, 3.63) is 45.9 Å². The van der Waals surface area contributed by atoms with Crippen LogP contribution in [0.5, 0.6) is 0 Å². The van der Waals surface area contributed by atoms with Gasteiger partial charge in [0.1, 0.15) is 5.82 Å². The predicted octanol–water partition coefficient (Wildman–Crippen LogP) is 1.37. The fourth-order valence-electron chi connectivity index (χ4n) is 1.45. The number of benzene rings is 1. The highest BCUT2D eigenvalue weighted by Crippen LogP contribution is 2.18. The molecule has 7 heteroatoms. The van der Waals surface area contributed by atoms with E-state index < -0.39 is 11.6 Å². The second kappa shape index (κ2) is 5.36. The number of halogens is 2. The van der Waals surface area contributed by atoms with Crippen LogP contribution in [0.15, 0.2) is 28.9 Å². The summed E-state index contributed by atoms with van der Waals surface area (Å²) in [5, 5.41) is 7.44. The molecule has 1 aromatic heterocycles. The number of nitrogens with zero attached hydrogens (tertiary/aromatic N) is 3. The Kier molecular flexibility index (Phi) is 3.83. The van der Waals surface area contributed by atoms with E-state index in [1.807, 2.05) is 0 Å². The molecule has 0 radical (unpaired) electrons. The molecule has 5 nitrogen and oxygen atoms in total. The maximum absolute atomic E-state index is 13.5. The van der Waals surface area contributed by atoms with Crippen LogP contribution in [-0.2, 0) is 6.54 Å². The smallest absolute Gasteiger partial charge is 0.217 e. The van der Waals surface area contributed by atoms with Crippen LogP contribution < -0.4 is 5.73 Å². The summed E-state index contributed by atoms with van der Waals surface area (Å²) in [4.78, 5) is 12.0. The summed E-state index contributed by atoms with van der Waals surface area (Å²) in [6, 6.07) is 4.17. The molecule has 2 N–H and O–H groups in total. The van der Waals surface area contributed by atoms with Crippen molar-refractivity contribution in [1.82, 2.24) is 15.0 Å². The maximum atomic E-state index is 13.5. The Balaban J connectivity index is 2.32. The van der Waals surface area contributed by atoms with Gasteiger partial charge in [-0.05, 0) is 18.2 Å². The zero-order valence-corrected chi connectivity index (χ0v) is 10.9. The number of hydrogen-bond donors (Lipinski definition) is 1. The summed E-state index contributed by atoms with van der Waals surface area (Å²) in [7, 11) is 0. The summed E-state index contributed by atoms with van der Waals surface area (Å²) in [5.41, 5.74) is 5.42. The monoisotopic (exact) mass is 312 g/mol. The van der Waals surface area contributed by atoms with E-state index in [2.05, 4.69) is 26.2 Å². The molecule has 0 saturated carbocycles. The van der Waals surface area contributed by atoms with Gasteiger partial charge in [-0.25, -0.2) is 4.39 Å². The molecule has 0 atom stereocenters. The van der Waals surface area contributed by atoms with Gasteiger partial charge in [-0.15, -0.1) is 5.10 Å². The summed E-state index contributed by atoms with van der Waals surface area (Å²) in [6.07, 6.45) is 1.45. The van der Waals surface area contributed by atoms with Gasteiger partial charge in [-0.2, -0.15) is 0 Å². The van der Waals surface area contributed by atoms with E-state index in [1.54, 1.807) is 0 Å². The fourth-order valence-corrected chi connectivity index (χ4v) is 1.81. The molecule has 94 valence electrons. The average Bonchev–Trinajstić information content (AvgIpc) is 2.80. The quantitative estimate of drug-likeness (QED) is 0.865. The van der Waals surface area contributed by atoms with Gasteiger partial charge in [-0.1, -0.05) is 21.1 Å². The van der Waals surface area contributed by atoms with Crippen molar-refractivity contribution in [2.45, 2.75) is 6.54 Å². The molecule has 1 aromatic carbocycles. The van der Waals surface area contributed by atoms with E-state index in [4.69, 9.17) is 5.73 Å². The molecule has 0 bridgehead atoms. The number of carbonyl (C=O) groups is 1. The minimum absolute atomic E-state index is 0.0378. The predicted molar refractivity (Wildman–Crippen MR) is 66.6 cm³/mol. The Bertz CT molecular complexity index is 584. The average molecular weight is 313 g/mol. The Labute approximate surface area is 111 Å². The van der Waals surface area contributed by atoms with Crippen LogP contribution in [0.3, 0.4) is 0 Å². The molecule has 1 heterocycles. The number of rotatable bonds is 4. The van der Waals surface area contributed by atoms with Crippen LogP contribution >= 0.6 is 15.9 Å². The van der Waals surface area contributed by atoms with Gasteiger partial charge in [0.15, 0.2) is 5.69 Å². The molecular formula is C11H10BrFN4O. The lowest BCUT2D eigenvalue weighted by Gasteiger charge is -2.00. The summed E-state index contributed by atoms with van der Waals surface area (Å²) >= 11 is 3.19. The van der Waals surface area contributed by atoms with E-state index in [9.17, 15) is 9.18 Å². The molecule has 0 aliphatic carbocycles. The Hall–Kier alpha value is -1.60. The summed E-state index contributed by atoms with van der Waals surface area (Å²) in [5.74, 6) is -1.09. The lowest BCUT2D eigenvalue weighted by molar-refractivity contribution is 0.103. The van der Waals surface area contributed by atoms with Crippen LogP contribution in [0.4, 0.5) is 4.39 Å². The summed E-state index contributed by atoms with van der Waals surface area (Å²) < 4.78 is 15.6. The van der Waals surface area contributed by atoms with Gasteiger partial charge in [0.25, 0.3) is 0 Å². The highest BCUT2D eigenvalue weighted by molar-refractivity contribution is 9.10. The molecule has 0 amide bonds. The molecule has 0 fully saturated rings. The molecule has 0 aliphatic heterocycles. The van der Waals surface area contributed by atoms with E-state index in [1.165, 1.54) is 29.1 Å². The zero-order valence-electron chi connectivity index (χ0n) is 9.31. The molecule has 0 unspecified atom stereocenters. The van der Waals surface area contributed by atoms with Crippen LogP contribution in [0.2, 0.25) is 0 Å². The van der Waals surface area contributed by atoms with Crippen LogP contribution in [-0.4, -0.2) is 27.3 Å². The van der Waals surface area contributed by atoms with Gasteiger partial charge in [0.05, 0.1) is 18.3 Å². The van der Waals surface area contributed by atoms with Gasteiger partial charge in [0, 0.05) is 11.0 Å². The van der Waals surface area contributed by atoms with Crippen molar-refractivity contribution in [3.8, 4) is 0 Å². The minimum atomic E-state index is -0.587. The Morgan fingerprint density at radius 2 is 2.28 bits per heavy atom. The highest BCUT2D eigenvalue weighted by atomic mass is 79.9. The lowest BCUT2D eigenvalue weighted by Crippen LogP contribution is -2.10. The first-order chi connectivity index (χ1) is 8.61. The van der Waals surface area contributed by atoms with Gasteiger partial charge in [0.2, 0.25) is 5.78 Å². The Morgan fingerprint density at radius 1 is 1.50 bits per heavy atom. The Morgan fingerprint density at radius 3 is 3.00 bits per heavy atom. The summed E-state index contributed by atoms with van der Waals surface area (Å²) in [6.45, 7) is 0.851. The normalized spacial score (nSPS) is 10.6. The number of hydrogen-bond acceptors (Lipinski definition) is 4. The minimum Gasteiger partial charge on any atom is -0.329 e. The second-order valence-corrected chi connectivity index (χ2v) is 4.52. The lowest BCUT2D eigenvalue weighted by atomic mass is 10.1. The number of aromatic nitrogens is 3. The molecule has 2 rings (SSSR count). The van der Waals surface area contributed by atoms with Crippen molar-refractivity contribution in [1.29, 1.82) is 0 Å². The third-order valence-corrected chi connectivity index (χ3v) is 2.80. The fraction of sp³-hybridized carbons (Fsp3) is 0.182. The standard InChI is InChI=1S/C11H10BrFN4O/c12-7-1-2-9(13)8(5-7)11(18)10-6-17(4-3-14)16-15-10/h1-2,5-6H,3-4,14H2. The number of ketones is 1. The van der Waals surface area contributed by atoms with E-state index in [-0.39, 0.29) is 11.3 Å². The van der Waals surface area contributed by atoms with Crippen molar-refractivity contribution < 1.29 is 9.18 Å². The molecule has 2 aromatic rings. The van der Waals surface area contributed by atoms with Gasteiger partial charge < -0.3 is 5.73 Å². The first-order valence-electron chi connectivity index (χ1n) is 5.22. The van der Waals surface area contributed by atoms with Crippen LogP contribution in [0.1, 0.15) is 16.1 Å². The van der Waals surface area contributed by atoms with Crippen molar-refractivity contribution >= 4 is 21.7 Å². The largest absolute Gasteiger partial charge is 0.329 e. The number of carbonyl (C=O) groups excluding carboxylic acids is 1. The van der Waals surface area contributed by atoms with E-state index in [0.29, 0.717) is 17.6 Å². The van der Waals surface area contributed by atoms with Crippen molar-refractivity contribution in [2.75, 3.05) is 6.54 Å². The maximum Gasteiger partial charge on any atom is 0.217 e. The number of nitrogens with two attached hydrogens (primary N) is 1. The third kappa shape index (κ3) is 2.62. The van der Waals surface area contributed by atoms with E-state index in [0.717, 1.165) is 0 Å². The molecular weight excluding hydrogens is 303 g/mol. The third-order valence-electron chi connectivity index (χ3n) is 2.30. The first kappa shape index (κ1) is 12.8. The van der Waals surface area contributed by atoms with Crippen molar-refractivity contribution in [3.63, 3.8) is 0 Å².